The van der Waals surface area contributed by atoms with E-state index in [1.165, 1.54) is 51.4 Å². The molecule has 2 atom stereocenters. The number of nitrogens with zero attached hydrogens (tertiary/aromatic N) is 1. The zero-order chi connectivity index (χ0) is 16.4. The predicted octanol–water partition coefficient (Wildman–Crippen LogP) is 5.66. The van der Waals surface area contributed by atoms with E-state index in [4.69, 9.17) is 0 Å². The Bertz CT molecular complexity index is 294. The van der Waals surface area contributed by atoms with E-state index in [0.29, 0.717) is 11.8 Å². The second-order valence-corrected chi connectivity index (χ2v) is 8.09. The van der Waals surface area contributed by atoms with Gasteiger partial charge in [0.1, 0.15) is 0 Å². The van der Waals surface area contributed by atoms with Crippen LogP contribution in [0.3, 0.4) is 0 Å². The van der Waals surface area contributed by atoms with Gasteiger partial charge in [-0.2, -0.15) is 0 Å². The van der Waals surface area contributed by atoms with Gasteiger partial charge in [0.25, 0.3) is 0 Å². The van der Waals surface area contributed by atoms with Gasteiger partial charge >= 0.3 is 0 Å². The first kappa shape index (κ1) is 19.5. The third-order valence-corrected chi connectivity index (χ3v) is 5.18. The van der Waals surface area contributed by atoms with E-state index >= 15 is 0 Å². The van der Waals surface area contributed by atoms with Gasteiger partial charge < -0.3 is 4.90 Å². The fraction of sp³-hybridized carbons (Fsp3) is 0.950. The van der Waals surface area contributed by atoms with Crippen LogP contribution in [0.5, 0.6) is 0 Å². The third kappa shape index (κ3) is 8.80. The highest BCUT2D eigenvalue weighted by atomic mass is 16.2. The smallest absolute Gasteiger partial charge is 0.222 e. The molecule has 1 saturated heterocycles. The molecule has 2 nitrogen and oxygen atoms in total. The lowest BCUT2D eigenvalue weighted by Crippen LogP contribution is -2.27. The first-order valence-corrected chi connectivity index (χ1v) is 9.76. The lowest BCUT2D eigenvalue weighted by atomic mass is 9.92. The van der Waals surface area contributed by atoms with Gasteiger partial charge in [-0.3, -0.25) is 4.79 Å². The summed E-state index contributed by atoms with van der Waals surface area (Å²) < 4.78 is 0. The van der Waals surface area contributed by atoms with Gasteiger partial charge in [0, 0.05) is 19.5 Å². The number of hydrogen-bond acceptors (Lipinski definition) is 1. The molecule has 0 aromatic rings. The maximum absolute atomic E-state index is 12.0. The summed E-state index contributed by atoms with van der Waals surface area (Å²) in [6.45, 7) is 11.4. The summed E-state index contributed by atoms with van der Waals surface area (Å²) in [6, 6.07) is 0. The fourth-order valence-electron chi connectivity index (χ4n) is 3.47. The van der Waals surface area contributed by atoms with Crippen LogP contribution < -0.4 is 0 Å². The van der Waals surface area contributed by atoms with Gasteiger partial charge in [-0.25, -0.2) is 0 Å². The fourth-order valence-corrected chi connectivity index (χ4v) is 3.47. The zero-order valence-corrected chi connectivity index (χ0v) is 15.6. The van der Waals surface area contributed by atoms with Gasteiger partial charge in [0.05, 0.1) is 0 Å². The van der Waals surface area contributed by atoms with Crippen molar-refractivity contribution < 1.29 is 4.79 Å². The normalized spacial score (nSPS) is 18.0. The van der Waals surface area contributed by atoms with Crippen molar-refractivity contribution in [2.45, 2.75) is 91.9 Å². The molecule has 2 unspecified atom stereocenters. The van der Waals surface area contributed by atoms with Crippen LogP contribution in [0.1, 0.15) is 91.9 Å². The monoisotopic (exact) mass is 309 g/mol. The van der Waals surface area contributed by atoms with Gasteiger partial charge in [0.15, 0.2) is 0 Å². The minimum absolute atomic E-state index is 0.395. The summed E-state index contributed by atoms with van der Waals surface area (Å²) in [5, 5.41) is 0. The lowest BCUT2D eigenvalue weighted by molar-refractivity contribution is -0.130. The van der Waals surface area contributed by atoms with Crippen LogP contribution in [0.2, 0.25) is 0 Å². The first-order valence-electron chi connectivity index (χ1n) is 9.76. The molecular weight excluding hydrogens is 270 g/mol. The van der Waals surface area contributed by atoms with Crippen molar-refractivity contribution in [2.24, 2.45) is 17.8 Å². The molecule has 1 fully saturated rings. The van der Waals surface area contributed by atoms with Crippen LogP contribution in [0, 0.1) is 17.8 Å². The van der Waals surface area contributed by atoms with Crippen molar-refractivity contribution in [3.05, 3.63) is 0 Å². The second-order valence-electron chi connectivity index (χ2n) is 8.09. The highest BCUT2D eigenvalue weighted by Gasteiger charge is 2.18. The van der Waals surface area contributed by atoms with Gasteiger partial charge in [0.2, 0.25) is 5.91 Å². The van der Waals surface area contributed by atoms with Gasteiger partial charge in [-0.1, -0.05) is 66.2 Å². The molecule has 0 aromatic carbocycles. The van der Waals surface area contributed by atoms with Crippen LogP contribution in [-0.4, -0.2) is 23.9 Å². The molecule has 1 heterocycles. The number of amides is 1. The third-order valence-electron chi connectivity index (χ3n) is 5.18. The topological polar surface area (TPSA) is 20.3 Å². The molecule has 0 aliphatic carbocycles. The summed E-state index contributed by atoms with van der Waals surface area (Å²) in [4.78, 5) is 14.1. The Labute approximate surface area is 139 Å². The number of hydrogen-bond donors (Lipinski definition) is 0. The summed E-state index contributed by atoms with van der Waals surface area (Å²) in [6.07, 6.45) is 12.4. The molecule has 22 heavy (non-hydrogen) atoms. The van der Waals surface area contributed by atoms with E-state index in [1.54, 1.807) is 0 Å². The minimum atomic E-state index is 0.395. The molecule has 2 heteroatoms. The van der Waals surface area contributed by atoms with Crippen molar-refractivity contribution in [3.63, 3.8) is 0 Å². The highest BCUT2D eigenvalue weighted by molar-refractivity contribution is 5.76. The van der Waals surface area contributed by atoms with Crippen molar-refractivity contribution in [1.29, 1.82) is 0 Å². The lowest BCUT2D eigenvalue weighted by Gasteiger charge is -2.18. The summed E-state index contributed by atoms with van der Waals surface area (Å²) in [7, 11) is 0. The molecule has 0 saturated carbocycles. The molecule has 1 aliphatic heterocycles. The molecule has 0 N–H and O–H groups in total. The van der Waals surface area contributed by atoms with Crippen molar-refractivity contribution in [2.75, 3.05) is 13.1 Å². The Hall–Kier alpha value is -0.530. The zero-order valence-electron chi connectivity index (χ0n) is 15.6. The van der Waals surface area contributed by atoms with E-state index < -0.39 is 0 Å². The van der Waals surface area contributed by atoms with Crippen LogP contribution in [0.15, 0.2) is 0 Å². The van der Waals surface area contributed by atoms with Crippen molar-refractivity contribution in [3.8, 4) is 0 Å². The largest absolute Gasteiger partial charge is 0.343 e. The minimum Gasteiger partial charge on any atom is -0.343 e. The van der Waals surface area contributed by atoms with Crippen LogP contribution >= 0.6 is 0 Å². The summed E-state index contributed by atoms with van der Waals surface area (Å²) >= 11 is 0. The van der Waals surface area contributed by atoms with Crippen molar-refractivity contribution in [1.82, 2.24) is 4.90 Å². The molecule has 0 radical (unpaired) electrons. The number of rotatable bonds is 11. The molecule has 0 bridgehead atoms. The van der Waals surface area contributed by atoms with E-state index in [-0.39, 0.29) is 0 Å². The quantitative estimate of drug-likeness (QED) is 0.482. The Balaban J connectivity index is 2.00. The summed E-state index contributed by atoms with van der Waals surface area (Å²) in [5.41, 5.74) is 0. The van der Waals surface area contributed by atoms with E-state index in [9.17, 15) is 4.79 Å². The average molecular weight is 310 g/mol. The number of carbonyl (C=O) groups is 1. The molecular formula is C20H39NO. The Kier molecular flexibility index (Phi) is 9.82. The number of likely N-dealkylation sites (tertiary alicyclic amines) is 1. The SMILES string of the molecule is CC(C)CCCC(C)CCCC(C)CCC(=O)N1CCCC1. The Morgan fingerprint density at radius 1 is 0.818 bits per heavy atom. The molecule has 0 aromatic heterocycles. The average Bonchev–Trinajstić information content (AvgIpc) is 2.98. The summed E-state index contributed by atoms with van der Waals surface area (Å²) in [5.74, 6) is 2.82. The Morgan fingerprint density at radius 3 is 1.86 bits per heavy atom. The standard InChI is InChI=1S/C20H39NO/c1-17(2)9-7-10-18(3)11-8-12-19(4)13-14-20(22)21-15-5-6-16-21/h17-19H,5-16H2,1-4H3. The molecule has 0 spiro atoms. The van der Waals surface area contributed by atoms with E-state index in [0.717, 1.165) is 37.8 Å². The molecule has 130 valence electrons. The molecule has 1 amide bonds. The second kappa shape index (κ2) is 11.1. The first-order chi connectivity index (χ1) is 10.5. The maximum Gasteiger partial charge on any atom is 0.222 e. The predicted molar refractivity (Wildman–Crippen MR) is 95.9 cm³/mol. The Morgan fingerprint density at radius 2 is 1.32 bits per heavy atom. The van der Waals surface area contributed by atoms with Gasteiger partial charge in [-0.05, 0) is 37.0 Å². The van der Waals surface area contributed by atoms with Crippen LogP contribution in [0.4, 0.5) is 0 Å². The van der Waals surface area contributed by atoms with Crippen LogP contribution in [-0.2, 0) is 4.79 Å². The maximum atomic E-state index is 12.0. The molecule has 1 aliphatic rings. The van der Waals surface area contributed by atoms with E-state index in [2.05, 4.69) is 32.6 Å². The van der Waals surface area contributed by atoms with Crippen molar-refractivity contribution >= 4 is 5.91 Å². The number of carbonyl (C=O) groups excluding carboxylic acids is 1. The van der Waals surface area contributed by atoms with Crippen LogP contribution in [0.25, 0.3) is 0 Å². The van der Waals surface area contributed by atoms with Gasteiger partial charge in [-0.15, -0.1) is 0 Å². The molecule has 1 rings (SSSR count). The highest BCUT2D eigenvalue weighted by Crippen LogP contribution is 2.21. The van der Waals surface area contributed by atoms with E-state index in [1.807, 2.05) is 0 Å².